The molecule has 0 spiro atoms. The zero-order chi connectivity index (χ0) is 8.97. The fraction of sp³-hybridized carbons (Fsp3) is 0.900. The molecule has 0 aromatic carbocycles. The van der Waals surface area contributed by atoms with Crippen LogP contribution < -0.4 is 0 Å². The van der Waals surface area contributed by atoms with Crippen LogP contribution in [0.4, 0.5) is 0 Å². The van der Waals surface area contributed by atoms with Gasteiger partial charge in [0.25, 0.3) is 0 Å². The first kappa shape index (κ1) is 10.0. The van der Waals surface area contributed by atoms with Crippen LogP contribution in [0.5, 0.6) is 0 Å². The highest BCUT2D eigenvalue weighted by molar-refractivity contribution is 6.63. The van der Waals surface area contributed by atoms with Crippen molar-refractivity contribution in [2.24, 2.45) is 11.8 Å². The van der Waals surface area contributed by atoms with Crippen molar-refractivity contribution in [1.29, 1.82) is 0 Å². The number of rotatable bonds is 3. The molecular formula is C10H17ClO. The van der Waals surface area contributed by atoms with Gasteiger partial charge < -0.3 is 0 Å². The lowest BCUT2D eigenvalue weighted by atomic mass is 9.81. The van der Waals surface area contributed by atoms with E-state index in [-0.39, 0.29) is 11.2 Å². The number of carbonyl (C=O) groups is 1. The molecule has 0 bridgehead atoms. The van der Waals surface area contributed by atoms with Gasteiger partial charge in [-0.2, -0.15) is 0 Å². The average Bonchev–Trinajstić information content (AvgIpc) is 2.06. The summed E-state index contributed by atoms with van der Waals surface area (Å²) in [5.41, 5.74) is 0. The first-order valence-corrected chi connectivity index (χ1v) is 5.31. The lowest BCUT2D eigenvalue weighted by Gasteiger charge is -2.25. The Kier molecular flexibility index (Phi) is 4.07. The van der Waals surface area contributed by atoms with Crippen molar-refractivity contribution >= 4 is 16.8 Å². The molecule has 0 N–H and O–H groups in total. The Hall–Kier alpha value is -0.0400. The van der Waals surface area contributed by atoms with Gasteiger partial charge in [-0.15, -0.1) is 0 Å². The van der Waals surface area contributed by atoms with E-state index in [4.69, 9.17) is 11.6 Å². The Morgan fingerprint density at radius 2 is 1.92 bits per heavy atom. The molecule has 1 fully saturated rings. The maximum absolute atomic E-state index is 10.8. The van der Waals surface area contributed by atoms with Gasteiger partial charge in [-0.25, -0.2) is 0 Å². The van der Waals surface area contributed by atoms with Crippen molar-refractivity contribution in [3.05, 3.63) is 0 Å². The fourth-order valence-electron chi connectivity index (χ4n) is 2.09. The van der Waals surface area contributed by atoms with E-state index in [0.29, 0.717) is 0 Å². The van der Waals surface area contributed by atoms with Gasteiger partial charge in [0.2, 0.25) is 5.24 Å². The molecule has 0 heterocycles. The molecule has 12 heavy (non-hydrogen) atoms. The third-order valence-electron chi connectivity index (χ3n) is 2.86. The molecule has 0 atom stereocenters. The number of hydrogen-bond donors (Lipinski definition) is 0. The van der Waals surface area contributed by atoms with Crippen LogP contribution in [0.3, 0.4) is 0 Å². The van der Waals surface area contributed by atoms with Crippen molar-refractivity contribution in [1.82, 2.24) is 0 Å². The van der Waals surface area contributed by atoms with E-state index >= 15 is 0 Å². The molecule has 1 rings (SSSR count). The van der Waals surface area contributed by atoms with Crippen LogP contribution in [-0.2, 0) is 4.79 Å². The molecule has 70 valence electrons. The van der Waals surface area contributed by atoms with Gasteiger partial charge in [0.1, 0.15) is 0 Å². The zero-order valence-corrected chi connectivity index (χ0v) is 8.44. The smallest absolute Gasteiger partial charge is 0.224 e. The number of hydrogen-bond acceptors (Lipinski definition) is 1. The monoisotopic (exact) mass is 188 g/mol. The molecule has 2 heteroatoms. The van der Waals surface area contributed by atoms with Crippen LogP contribution in [0.15, 0.2) is 0 Å². The lowest BCUT2D eigenvalue weighted by molar-refractivity contribution is -0.116. The summed E-state index contributed by atoms with van der Waals surface area (Å²) >= 11 is 5.44. The van der Waals surface area contributed by atoms with Crippen LogP contribution in [0.2, 0.25) is 0 Å². The standard InChI is InChI=1S/C10H17ClO/c1-2-3-8-4-6-9(7-5-8)10(11)12/h8-9H,2-7H2,1H3. The fourth-order valence-corrected chi connectivity index (χ4v) is 2.30. The van der Waals surface area contributed by atoms with Gasteiger partial charge in [0, 0.05) is 5.92 Å². The van der Waals surface area contributed by atoms with E-state index in [1.807, 2.05) is 0 Å². The van der Waals surface area contributed by atoms with Crippen molar-refractivity contribution in [3.63, 3.8) is 0 Å². The predicted molar refractivity (Wildman–Crippen MR) is 51.2 cm³/mol. The highest BCUT2D eigenvalue weighted by atomic mass is 35.5. The Balaban J connectivity index is 2.25. The predicted octanol–water partition coefficient (Wildman–Crippen LogP) is 3.36. The molecule has 0 aliphatic heterocycles. The highest BCUT2D eigenvalue weighted by Gasteiger charge is 2.24. The van der Waals surface area contributed by atoms with Crippen LogP contribution in [-0.4, -0.2) is 5.24 Å². The Labute approximate surface area is 79.5 Å². The molecule has 0 radical (unpaired) electrons. The van der Waals surface area contributed by atoms with E-state index in [1.54, 1.807) is 0 Å². The summed E-state index contributed by atoms with van der Waals surface area (Å²) in [5, 5.41) is -0.120. The molecule has 1 aliphatic rings. The van der Waals surface area contributed by atoms with Gasteiger partial charge in [0.05, 0.1) is 0 Å². The van der Waals surface area contributed by atoms with Crippen LogP contribution in [0, 0.1) is 11.8 Å². The number of halogens is 1. The van der Waals surface area contributed by atoms with Crippen LogP contribution >= 0.6 is 11.6 Å². The quantitative estimate of drug-likeness (QED) is 0.621. The first-order valence-electron chi connectivity index (χ1n) is 4.93. The van der Waals surface area contributed by atoms with Gasteiger partial charge in [-0.3, -0.25) is 4.79 Å². The minimum Gasteiger partial charge on any atom is -0.281 e. The third-order valence-corrected chi connectivity index (χ3v) is 3.17. The van der Waals surface area contributed by atoms with Crippen LogP contribution in [0.1, 0.15) is 45.4 Å². The topological polar surface area (TPSA) is 17.1 Å². The second-order valence-electron chi connectivity index (χ2n) is 3.81. The molecule has 1 nitrogen and oxygen atoms in total. The maximum Gasteiger partial charge on any atom is 0.224 e. The van der Waals surface area contributed by atoms with E-state index in [1.165, 1.54) is 25.7 Å². The van der Waals surface area contributed by atoms with Gasteiger partial charge in [-0.05, 0) is 43.2 Å². The second kappa shape index (κ2) is 4.86. The minimum atomic E-state index is -0.120. The number of carbonyl (C=O) groups excluding carboxylic acids is 1. The molecule has 1 aliphatic carbocycles. The summed E-state index contributed by atoms with van der Waals surface area (Å²) in [6.07, 6.45) is 7.04. The van der Waals surface area contributed by atoms with E-state index in [0.717, 1.165) is 18.8 Å². The summed E-state index contributed by atoms with van der Waals surface area (Å²) in [7, 11) is 0. The first-order chi connectivity index (χ1) is 5.74. The molecule has 0 unspecified atom stereocenters. The largest absolute Gasteiger partial charge is 0.281 e. The molecule has 0 amide bonds. The van der Waals surface area contributed by atoms with Gasteiger partial charge in [0.15, 0.2) is 0 Å². The van der Waals surface area contributed by atoms with E-state index in [2.05, 4.69) is 6.92 Å². The lowest BCUT2D eigenvalue weighted by Crippen LogP contribution is -2.18. The molecular weight excluding hydrogens is 172 g/mol. The SMILES string of the molecule is CCCC1CCC(C(=O)Cl)CC1. The van der Waals surface area contributed by atoms with Crippen molar-refractivity contribution in [3.8, 4) is 0 Å². The van der Waals surface area contributed by atoms with Gasteiger partial charge in [-0.1, -0.05) is 19.8 Å². The Morgan fingerprint density at radius 3 is 2.33 bits per heavy atom. The molecule has 0 aromatic rings. The van der Waals surface area contributed by atoms with Gasteiger partial charge >= 0.3 is 0 Å². The maximum atomic E-state index is 10.8. The molecule has 0 aromatic heterocycles. The summed E-state index contributed by atoms with van der Waals surface area (Å²) in [4.78, 5) is 10.8. The summed E-state index contributed by atoms with van der Waals surface area (Å²) in [6.45, 7) is 2.22. The summed E-state index contributed by atoms with van der Waals surface area (Å²) in [6, 6.07) is 0. The Bertz CT molecular complexity index is 148. The molecule has 0 saturated heterocycles. The van der Waals surface area contributed by atoms with Crippen LogP contribution in [0.25, 0.3) is 0 Å². The third kappa shape index (κ3) is 2.78. The van der Waals surface area contributed by atoms with E-state index < -0.39 is 0 Å². The zero-order valence-electron chi connectivity index (χ0n) is 7.68. The minimum absolute atomic E-state index is 0.120. The summed E-state index contributed by atoms with van der Waals surface area (Å²) in [5.74, 6) is 1.03. The second-order valence-corrected chi connectivity index (χ2v) is 4.18. The normalized spacial score (nSPS) is 30.2. The molecule has 1 saturated carbocycles. The Morgan fingerprint density at radius 1 is 1.33 bits per heavy atom. The van der Waals surface area contributed by atoms with Crippen molar-refractivity contribution < 1.29 is 4.79 Å². The van der Waals surface area contributed by atoms with Crippen molar-refractivity contribution in [2.75, 3.05) is 0 Å². The van der Waals surface area contributed by atoms with Crippen molar-refractivity contribution in [2.45, 2.75) is 45.4 Å². The summed E-state index contributed by atoms with van der Waals surface area (Å²) < 4.78 is 0. The highest BCUT2D eigenvalue weighted by Crippen LogP contribution is 2.32. The average molecular weight is 189 g/mol. The van der Waals surface area contributed by atoms with E-state index in [9.17, 15) is 4.79 Å².